The average molecular weight is 246 g/mol. The molecule has 0 aliphatic heterocycles. The van der Waals surface area contributed by atoms with Crippen LogP contribution in [0.25, 0.3) is 10.9 Å². The van der Waals surface area contributed by atoms with E-state index in [4.69, 9.17) is 4.74 Å². The van der Waals surface area contributed by atoms with Gasteiger partial charge in [-0.3, -0.25) is 4.98 Å². The van der Waals surface area contributed by atoms with Crippen molar-refractivity contribution in [1.82, 2.24) is 4.98 Å². The lowest BCUT2D eigenvalue weighted by Crippen LogP contribution is -1.91. The fourth-order valence-electron chi connectivity index (χ4n) is 1.91. The lowest BCUT2D eigenvalue weighted by Gasteiger charge is -2.09. The zero-order chi connectivity index (χ0) is 13.1. The maximum Gasteiger partial charge on any atom is 0.156 e. The van der Waals surface area contributed by atoms with Crippen molar-refractivity contribution in [2.75, 3.05) is 0 Å². The molecule has 0 aliphatic carbocycles. The van der Waals surface area contributed by atoms with Crippen LogP contribution in [0, 0.1) is 11.3 Å². The number of aromatic nitrogens is 1. The number of pyridine rings is 1. The van der Waals surface area contributed by atoms with Gasteiger partial charge in [-0.05, 0) is 24.3 Å². The van der Waals surface area contributed by atoms with E-state index in [1.54, 1.807) is 6.20 Å². The summed E-state index contributed by atoms with van der Waals surface area (Å²) < 4.78 is 5.85. The standard InChI is InChI=1S/C16H10N2O/c17-10-12-11-18-15-9-5-4-8-14(15)16(12)19-13-6-2-1-3-7-13/h1-9,11H. The molecular weight excluding hydrogens is 236 g/mol. The van der Waals surface area contributed by atoms with Crippen molar-refractivity contribution in [1.29, 1.82) is 5.26 Å². The Balaban J connectivity index is 2.18. The van der Waals surface area contributed by atoms with Crippen molar-refractivity contribution in [3.63, 3.8) is 0 Å². The molecule has 0 amide bonds. The van der Waals surface area contributed by atoms with E-state index in [9.17, 15) is 5.26 Å². The number of nitrogens with zero attached hydrogens (tertiary/aromatic N) is 2. The topological polar surface area (TPSA) is 45.9 Å². The summed E-state index contributed by atoms with van der Waals surface area (Å²) in [6, 6.07) is 19.2. The van der Waals surface area contributed by atoms with E-state index < -0.39 is 0 Å². The summed E-state index contributed by atoms with van der Waals surface area (Å²) in [7, 11) is 0. The van der Waals surface area contributed by atoms with Crippen LogP contribution in [0.3, 0.4) is 0 Å². The summed E-state index contributed by atoms with van der Waals surface area (Å²) in [6.45, 7) is 0. The molecular formula is C16H10N2O. The van der Waals surface area contributed by atoms with Gasteiger partial charge in [-0.1, -0.05) is 30.3 Å². The fraction of sp³-hybridized carbons (Fsp3) is 0. The van der Waals surface area contributed by atoms with E-state index in [1.807, 2.05) is 54.6 Å². The number of ether oxygens (including phenoxy) is 1. The second kappa shape index (κ2) is 4.79. The summed E-state index contributed by atoms with van der Waals surface area (Å²) in [5.41, 5.74) is 1.25. The smallest absolute Gasteiger partial charge is 0.156 e. The monoisotopic (exact) mass is 246 g/mol. The van der Waals surface area contributed by atoms with Gasteiger partial charge in [0.25, 0.3) is 0 Å². The third kappa shape index (κ3) is 2.12. The first-order valence-electron chi connectivity index (χ1n) is 5.89. The minimum Gasteiger partial charge on any atom is -0.455 e. The SMILES string of the molecule is N#Cc1cnc2ccccc2c1Oc1ccccc1. The molecule has 3 nitrogen and oxygen atoms in total. The number of fused-ring (bicyclic) bond motifs is 1. The van der Waals surface area contributed by atoms with E-state index in [0.717, 1.165) is 10.9 Å². The summed E-state index contributed by atoms with van der Waals surface area (Å²) >= 11 is 0. The molecule has 0 N–H and O–H groups in total. The highest BCUT2D eigenvalue weighted by Crippen LogP contribution is 2.31. The first-order valence-corrected chi connectivity index (χ1v) is 5.89. The number of nitriles is 1. The number of rotatable bonds is 2. The molecule has 3 aromatic rings. The molecule has 0 atom stereocenters. The predicted octanol–water partition coefficient (Wildman–Crippen LogP) is 3.90. The molecule has 0 bridgehead atoms. The van der Waals surface area contributed by atoms with Crippen molar-refractivity contribution < 1.29 is 4.74 Å². The van der Waals surface area contributed by atoms with Gasteiger partial charge in [0.1, 0.15) is 17.4 Å². The van der Waals surface area contributed by atoms with Crippen LogP contribution in [-0.2, 0) is 0 Å². The number of hydrogen-bond donors (Lipinski definition) is 0. The van der Waals surface area contributed by atoms with Crippen LogP contribution in [0.5, 0.6) is 11.5 Å². The molecule has 19 heavy (non-hydrogen) atoms. The molecule has 90 valence electrons. The van der Waals surface area contributed by atoms with E-state index >= 15 is 0 Å². The second-order valence-corrected chi connectivity index (χ2v) is 4.05. The largest absolute Gasteiger partial charge is 0.455 e. The third-order valence-electron chi connectivity index (χ3n) is 2.81. The van der Waals surface area contributed by atoms with E-state index in [0.29, 0.717) is 17.1 Å². The van der Waals surface area contributed by atoms with E-state index in [1.165, 1.54) is 0 Å². The lowest BCUT2D eigenvalue weighted by atomic mass is 10.1. The van der Waals surface area contributed by atoms with E-state index in [-0.39, 0.29) is 0 Å². The van der Waals surface area contributed by atoms with Crippen LogP contribution in [0.15, 0.2) is 60.8 Å². The van der Waals surface area contributed by atoms with Gasteiger partial charge in [-0.25, -0.2) is 0 Å². The maximum absolute atomic E-state index is 9.19. The summed E-state index contributed by atoms with van der Waals surface area (Å²) in [5.74, 6) is 1.26. The molecule has 0 saturated carbocycles. The quantitative estimate of drug-likeness (QED) is 0.688. The van der Waals surface area contributed by atoms with Crippen molar-refractivity contribution >= 4 is 10.9 Å². The zero-order valence-corrected chi connectivity index (χ0v) is 10.1. The third-order valence-corrected chi connectivity index (χ3v) is 2.81. The first-order chi connectivity index (χ1) is 9.38. The van der Waals surface area contributed by atoms with Crippen LogP contribution in [0.1, 0.15) is 5.56 Å². The molecule has 0 fully saturated rings. The molecule has 0 aliphatic rings. The van der Waals surface area contributed by atoms with Gasteiger partial charge in [0, 0.05) is 11.6 Å². The minimum atomic E-state index is 0.433. The zero-order valence-electron chi connectivity index (χ0n) is 10.1. The Hall–Kier alpha value is -2.86. The molecule has 1 aromatic heterocycles. The van der Waals surface area contributed by atoms with Crippen molar-refractivity contribution in [3.8, 4) is 17.6 Å². The van der Waals surface area contributed by atoms with Crippen molar-refractivity contribution in [3.05, 3.63) is 66.4 Å². The number of benzene rings is 2. The highest BCUT2D eigenvalue weighted by molar-refractivity contribution is 5.87. The summed E-state index contributed by atoms with van der Waals surface area (Å²) in [6.07, 6.45) is 1.54. The Labute approximate surface area is 110 Å². The van der Waals surface area contributed by atoms with Gasteiger partial charge in [-0.15, -0.1) is 0 Å². The average Bonchev–Trinajstić information content (AvgIpc) is 2.49. The molecule has 2 aromatic carbocycles. The Morgan fingerprint density at radius 3 is 2.47 bits per heavy atom. The van der Waals surface area contributed by atoms with Crippen LogP contribution in [0.2, 0.25) is 0 Å². The Kier molecular flexibility index (Phi) is 2.83. The fourth-order valence-corrected chi connectivity index (χ4v) is 1.91. The van der Waals surface area contributed by atoms with Gasteiger partial charge in [-0.2, -0.15) is 5.26 Å². The van der Waals surface area contributed by atoms with Crippen molar-refractivity contribution in [2.24, 2.45) is 0 Å². The van der Waals surface area contributed by atoms with Crippen LogP contribution >= 0.6 is 0 Å². The Morgan fingerprint density at radius 2 is 1.68 bits per heavy atom. The van der Waals surface area contributed by atoms with E-state index in [2.05, 4.69) is 11.1 Å². The van der Waals surface area contributed by atoms with Gasteiger partial charge in [0.05, 0.1) is 5.52 Å². The molecule has 0 radical (unpaired) electrons. The van der Waals surface area contributed by atoms with Crippen molar-refractivity contribution in [2.45, 2.75) is 0 Å². The van der Waals surface area contributed by atoms with Gasteiger partial charge < -0.3 is 4.74 Å². The number of hydrogen-bond acceptors (Lipinski definition) is 3. The van der Waals surface area contributed by atoms with Gasteiger partial charge >= 0.3 is 0 Å². The molecule has 0 spiro atoms. The Morgan fingerprint density at radius 1 is 0.947 bits per heavy atom. The molecule has 0 saturated heterocycles. The van der Waals surface area contributed by atoms with Gasteiger partial charge in [0.15, 0.2) is 5.75 Å². The Bertz CT molecular complexity index is 761. The summed E-state index contributed by atoms with van der Waals surface area (Å²) in [5, 5.41) is 10.0. The lowest BCUT2D eigenvalue weighted by molar-refractivity contribution is 0.486. The molecule has 3 heteroatoms. The van der Waals surface area contributed by atoms with Gasteiger partial charge in [0.2, 0.25) is 0 Å². The highest BCUT2D eigenvalue weighted by Gasteiger charge is 2.10. The van der Waals surface area contributed by atoms with Crippen LogP contribution in [-0.4, -0.2) is 4.98 Å². The normalized spacial score (nSPS) is 10.1. The van der Waals surface area contributed by atoms with Crippen LogP contribution < -0.4 is 4.74 Å². The highest BCUT2D eigenvalue weighted by atomic mass is 16.5. The molecule has 1 heterocycles. The summed E-state index contributed by atoms with van der Waals surface area (Å²) in [4.78, 5) is 4.25. The second-order valence-electron chi connectivity index (χ2n) is 4.05. The number of para-hydroxylation sites is 2. The molecule has 0 unspecified atom stereocenters. The van der Waals surface area contributed by atoms with Crippen LogP contribution in [0.4, 0.5) is 0 Å². The predicted molar refractivity (Wildman–Crippen MR) is 73.0 cm³/mol. The molecule has 3 rings (SSSR count). The maximum atomic E-state index is 9.19. The minimum absolute atomic E-state index is 0.433. The first kappa shape index (κ1) is 11.2.